The van der Waals surface area contributed by atoms with Gasteiger partial charge in [-0.05, 0) is 53.8 Å². The number of allylic oxidation sites excluding steroid dienone is 3. The Morgan fingerprint density at radius 2 is 1.60 bits per heavy atom. The smallest absolute Gasteiger partial charge is 0.162 e. The van der Waals surface area contributed by atoms with Gasteiger partial charge in [0.05, 0.1) is 17.6 Å². The minimum absolute atomic E-state index is 0.0801. The zero-order chi connectivity index (χ0) is 21.6. The van der Waals surface area contributed by atoms with Crippen LogP contribution >= 0.6 is 31.9 Å². The number of nitriles is 1. The van der Waals surface area contributed by atoms with Crippen LogP contribution in [0.2, 0.25) is 0 Å². The Hall–Kier alpha value is -2.36. The predicted octanol–water partition coefficient (Wildman–Crippen LogP) is 6.15. The first-order chi connectivity index (χ1) is 14.2. The van der Waals surface area contributed by atoms with E-state index in [0.29, 0.717) is 29.8 Å². The van der Waals surface area contributed by atoms with Gasteiger partial charge in [-0.15, -0.1) is 0 Å². The molecular weight excluding hydrogens is 506 g/mol. The number of nitrogens with two attached hydrogens (primary N) is 1. The fraction of sp³-hybridized carbons (Fsp3) is 0.250. The Kier molecular flexibility index (Phi) is 5.37. The standard InChI is InChI=1S/C24H21Br2N3O/c1-24(2)11-19-22(20(30)12-24)21(14-3-5-15(25)6-4-14)18(13-27)23(28)29(19)17-9-7-16(26)8-10-17/h3-10,21H,11-12,28H2,1-2H3/t21-/m1/s1. The van der Waals surface area contributed by atoms with E-state index >= 15 is 0 Å². The maximum Gasteiger partial charge on any atom is 0.162 e. The van der Waals surface area contributed by atoms with Crippen molar-refractivity contribution < 1.29 is 4.79 Å². The molecule has 4 rings (SSSR count). The largest absolute Gasteiger partial charge is 0.384 e. The van der Waals surface area contributed by atoms with Gasteiger partial charge >= 0.3 is 0 Å². The number of ketones is 1. The Morgan fingerprint density at radius 3 is 2.17 bits per heavy atom. The summed E-state index contributed by atoms with van der Waals surface area (Å²) < 4.78 is 1.90. The number of hydrogen-bond acceptors (Lipinski definition) is 4. The molecule has 152 valence electrons. The van der Waals surface area contributed by atoms with E-state index in [0.717, 1.165) is 25.9 Å². The van der Waals surface area contributed by atoms with Crippen LogP contribution in [-0.4, -0.2) is 5.78 Å². The molecular formula is C24H21Br2N3O. The second kappa shape index (κ2) is 7.72. The average Bonchev–Trinajstić information content (AvgIpc) is 2.68. The fourth-order valence-electron chi connectivity index (χ4n) is 4.38. The molecule has 6 heteroatoms. The lowest BCUT2D eigenvalue weighted by atomic mass is 9.68. The lowest BCUT2D eigenvalue weighted by Crippen LogP contribution is -2.42. The van der Waals surface area contributed by atoms with E-state index < -0.39 is 5.92 Å². The summed E-state index contributed by atoms with van der Waals surface area (Å²) in [5.74, 6) is 0.0157. The lowest BCUT2D eigenvalue weighted by molar-refractivity contribution is -0.118. The zero-order valence-corrected chi connectivity index (χ0v) is 19.9. The van der Waals surface area contributed by atoms with Crippen LogP contribution in [0.15, 0.2) is 80.1 Å². The SMILES string of the molecule is CC1(C)CC(=O)C2=C(C1)N(c1ccc(Br)cc1)C(N)=C(C#N)[C@H]2c1ccc(Br)cc1. The van der Waals surface area contributed by atoms with E-state index in [-0.39, 0.29) is 11.2 Å². The molecule has 0 saturated carbocycles. The molecule has 2 aromatic rings. The van der Waals surface area contributed by atoms with Crippen LogP contribution < -0.4 is 10.6 Å². The molecule has 0 saturated heterocycles. The molecule has 1 aliphatic carbocycles. The van der Waals surface area contributed by atoms with E-state index in [2.05, 4.69) is 51.8 Å². The number of halogens is 2. The van der Waals surface area contributed by atoms with Crippen LogP contribution in [0.25, 0.3) is 0 Å². The number of anilines is 1. The number of Topliss-reactive ketones (excluding diaryl/α,β-unsaturated/α-hetero) is 1. The minimum Gasteiger partial charge on any atom is -0.384 e. The summed E-state index contributed by atoms with van der Waals surface area (Å²) in [5, 5.41) is 10.1. The molecule has 2 aliphatic rings. The van der Waals surface area contributed by atoms with Gasteiger partial charge in [-0.25, -0.2) is 0 Å². The molecule has 0 fully saturated rings. The van der Waals surface area contributed by atoms with Gasteiger partial charge in [0.15, 0.2) is 5.78 Å². The Morgan fingerprint density at radius 1 is 1.03 bits per heavy atom. The van der Waals surface area contributed by atoms with Crippen molar-refractivity contribution in [3.63, 3.8) is 0 Å². The normalized spacial score (nSPS) is 20.8. The zero-order valence-electron chi connectivity index (χ0n) is 16.7. The van der Waals surface area contributed by atoms with Crippen LogP contribution in [0.1, 0.15) is 38.2 Å². The van der Waals surface area contributed by atoms with Crippen molar-refractivity contribution in [1.29, 1.82) is 5.26 Å². The van der Waals surface area contributed by atoms with Gasteiger partial charge in [0.2, 0.25) is 0 Å². The highest BCUT2D eigenvalue weighted by molar-refractivity contribution is 9.10. The van der Waals surface area contributed by atoms with Crippen molar-refractivity contribution in [1.82, 2.24) is 0 Å². The fourth-order valence-corrected chi connectivity index (χ4v) is 4.91. The van der Waals surface area contributed by atoms with Gasteiger partial charge in [-0.2, -0.15) is 5.26 Å². The summed E-state index contributed by atoms with van der Waals surface area (Å²) >= 11 is 6.93. The summed E-state index contributed by atoms with van der Waals surface area (Å²) in [6.07, 6.45) is 1.15. The third-order valence-corrected chi connectivity index (χ3v) is 6.73. The van der Waals surface area contributed by atoms with Gasteiger partial charge in [-0.1, -0.05) is 57.8 Å². The molecule has 0 spiro atoms. The van der Waals surface area contributed by atoms with Crippen molar-refractivity contribution in [2.75, 3.05) is 4.90 Å². The predicted molar refractivity (Wildman–Crippen MR) is 125 cm³/mol. The van der Waals surface area contributed by atoms with Crippen LogP contribution in [0.5, 0.6) is 0 Å². The van der Waals surface area contributed by atoms with Crippen molar-refractivity contribution in [3.8, 4) is 6.07 Å². The topological polar surface area (TPSA) is 70.1 Å². The molecule has 0 aromatic heterocycles. The van der Waals surface area contributed by atoms with Gasteiger partial charge in [-0.3, -0.25) is 9.69 Å². The minimum atomic E-state index is -0.451. The van der Waals surface area contributed by atoms with Crippen LogP contribution in [-0.2, 0) is 4.79 Å². The van der Waals surface area contributed by atoms with Crippen molar-refractivity contribution in [3.05, 3.63) is 85.7 Å². The summed E-state index contributed by atoms with van der Waals surface area (Å²) in [7, 11) is 0. The molecule has 1 aliphatic heterocycles. The molecule has 0 bridgehead atoms. The maximum atomic E-state index is 13.4. The Labute approximate surface area is 193 Å². The number of carbonyl (C=O) groups is 1. The lowest BCUT2D eigenvalue weighted by Gasteiger charge is -2.43. The molecule has 2 aromatic carbocycles. The molecule has 0 amide bonds. The molecule has 1 heterocycles. The number of hydrogen-bond donors (Lipinski definition) is 1. The Bertz CT molecular complexity index is 1120. The highest BCUT2D eigenvalue weighted by atomic mass is 79.9. The third kappa shape index (κ3) is 3.61. The van der Waals surface area contributed by atoms with E-state index in [9.17, 15) is 10.1 Å². The first kappa shape index (κ1) is 20.9. The first-order valence-electron chi connectivity index (χ1n) is 9.69. The summed E-state index contributed by atoms with van der Waals surface area (Å²) in [4.78, 5) is 15.3. The summed E-state index contributed by atoms with van der Waals surface area (Å²) in [6, 6.07) is 17.8. The number of carbonyl (C=O) groups excluding carboxylic acids is 1. The number of nitrogens with zero attached hydrogens (tertiary/aromatic N) is 2. The second-order valence-electron chi connectivity index (χ2n) is 8.51. The number of benzene rings is 2. The molecule has 2 N–H and O–H groups in total. The Balaban J connectivity index is 1.98. The monoisotopic (exact) mass is 525 g/mol. The first-order valence-corrected chi connectivity index (χ1v) is 11.3. The van der Waals surface area contributed by atoms with Gasteiger partial charge in [0, 0.05) is 32.3 Å². The number of rotatable bonds is 2. The van der Waals surface area contributed by atoms with E-state index in [1.165, 1.54) is 0 Å². The van der Waals surface area contributed by atoms with Gasteiger partial charge < -0.3 is 5.73 Å². The maximum absolute atomic E-state index is 13.4. The summed E-state index contributed by atoms with van der Waals surface area (Å²) in [5.41, 5.74) is 10.2. The van der Waals surface area contributed by atoms with Gasteiger partial charge in [0.25, 0.3) is 0 Å². The molecule has 1 atom stereocenters. The highest BCUT2D eigenvalue weighted by Gasteiger charge is 2.44. The van der Waals surface area contributed by atoms with Crippen LogP contribution in [0.4, 0.5) is 5.69 Å². The van der Waals surface area contributed by atoms with E-state index in [4.69, 9.17) is 5.73 Å². The van der Waals surface area contributed by atoms with Crippen molar-refractivity contribution in [2.24, 2.45) is 11.1 Å². The van der Waals surface area contributed by atoms with Gasteiger partial charge in [0.1, 0.15) is 5.82 Å². The molecule has 0 radical (unpaired) electrons. The molecule has 4 nitrogen and oxygen atoms in total. The quantitative estimate of drug-likeness (QED) is 0.509. The van der Waals surface area contributed by atoms with E-state index in [1.807, 2.05) is 53.4 Å². The second-order valence-corrected chi connectivity index (χ2v) is 10.3. The third-order valence-electron chi connectivity index (χ3n) is 5.67. The highest BCUT2D eigenvalue weighted by Crippen LogP contribution is 2.50. The van der Waals surface area contributed by atoms with Crippen LogP contribution in [0, 0.1) is 16.7 Å². The molecule has 0 unspecified atom stereocenters. The summed E-state index contributed by atoms with van der Waals surface area (Å²) in [6.45, 7) is 4.20. The average molecular weight is 527 g/mol. The van der Waals surface area contributed by atoms with Crippen molar-refractivity contribution >= 4 is 43.3 Å². The molecule has 30 heavy (non-hydrogen) atoms. The van der Waals surface area contributed by atoms with Crippen molar-refractivity contribution in [2.45, 2.75) is 32.6 Å². The van der Waals surface area contributed by atoms with E-state index in [1.54, 1.807) is 0 Å². The van der Waals surface area contributed by atoms with Crippen LogP contribution in [0.3, 0.4) is 0 Å².